The van der Waals surface area contributed by atoms with E-state index in [9.17, 15) is 5.11 Å². The van der Waals surface area contributed by atoms with Gasteiger partial charge < -0.3 is 24.1 Å². The molecule has 0 heterocycles. The zero-order valence-corrected chi connectivity index (χ0v) is 24.7. The molecule has 1 unspecified atom stereocenters. The molecule has 1 aromatic carbocycles. The SMILES string of the molecule is COCCOCCOC1=CC=C([Si](C)(C)COc2cc(C(C)(C)C)c(O)c(C(C)(C)C)c2)CC1C. The van der Waals surface area contributed by atoms with Crippen LogP contribution in [0.5, 0.6) is 11.5 Å². The lowest BCUT2D eigenvalue weighted by molar-refractivity contribution is 0.0373. The van der Waals surface area contributed by atoms with Crippen molar-refractivity contribution < 1.29 is 24.1 Å². The number of methoxy groups -OCH3 is 1. The highest BCUT2D eigenvalue weighted by Gasteiger charge is 2.32. The second-order valence-corrected chi connectivity index (χ2v) is 17.1. The van der Waals surface area contributed by atoms with Crippen LogP contribution in [0.3, 0.4) is 0 Å². The van der Waals surface area contributed by atoms with Gasteiger partial charge in [-0.25, -0.2) is 0 Å². The maximum Gasteiger partial charge on any atom is 0.123 e. The van der Waals surface area contributed by atoms with Crippen molar-refractivity contribution in [3.8, 4) is 11.5 Å². The highest BCUT2D eigenvalue weighted by molar-refractivity contribution is 6.84. The summed E-state index contributed by atoms with van der Waals surface area (Å²) in [5.74, 6) is 2.60. The fraction of sp³-hybridized carbons (Fsp3) is 0.655. The smallest absolute Gasteiger partial charge is 0.123 e. The van der Waals surface area contributed by atoms with Gasteiger partial charge in [-0.05, 0) is 35.5 Å². The standard InChI is InChI=1S/C29H48O5Si/c1-21-17-23(11-12-26(21)33-16-15-32-14-13-31-8)35(9,10)20-34-22-18-24(28(2,3)4)27(30)25(19-22)29(5,6)7/h11-12,18-19,21,30H,13-17,20H2,1-10H3. The van der Waals surface area contributed by atoms with Crippen molar-refractivity contribution in [1.82, 2.24) is 0 Å². The van der Waals surface area contributed by atoms with Gasteiger partial charge in [-0.2, -0.15) is 0 Å². The minimum atomic E-state index is -1.81. The fourth-order valence-electron chi connectivity index (χ4n) is 4.19. The summed E-state index contributed by atoms with van der Waals surface area (Å²) in [5, 5.41) is 12.5. The number of benzene rings is 1. The van der Waals surface area contributed by atoms with Crippen LogP contribution in [0.4, 0.5) is 0 Å². The molecule has 0 bridgehead atoms. The number of ether oxygens (including phenoxy) is 4. The Morgan fingerprint density at radius 2 is 1.46 bits per heavy atom. The van der Waals surface area contributed by atoms with Gasteiger partial charge in [0, 0.05) is 24.2 Å². The Balaban J connectivity index is 2.11. The topological polar surface area (TPSA) is 57.2 Å². The monoisotopic (exact) mass is 504 g/mol. The first-order chi connectivity index (χ1) is 16.2. The van der Waals surface area contributed by atoms with E-state index in [2.05, 4.69) is 73.7 Å². The summed E-state index contributed by atoms with van der Waals surface area (Å²) < 4.78 is 22.9. The summed E-state index contributed by atoms with van der Waals surface area (Å²) in [7, 11) is -0.141. The molecular weight excluding hydrogens is 456 g/mol. The molecule has 0 fully saturated rings. The third-order valence-corrected chi connectivity index (χ3v) is 9.53. The lowest BCUT2D eigenvalue weighted by Gasteiger charge is -2.32. The number of aromatic hydroxyl groups is 1. The van der Waals surface area contributed by atoms with Gasteiger partial charge in [-0.15, -0.1) is 0 Å². The molecular formula is C29H48O5Si. The van der Waals surface area contributed by atoms with Gasteiger partial charge in [0.15, 0.2) is 0 Å². The normalized spacial score (nSPS) is 17.1. The summed E-state index contributed by atoms with van der Waals surface area (Å²) in [6, 6.07) is 4.04. The van der Waals surface area contributed by atoms with Gasteiger partial charge in [0.05, 0.1) is 31.8 Å². The van der Waals surface area contributed by atoms with Crippen molar-refractivity contribution in [3.05, 3.63) is 46.4 Å². The predicted octanol–water partition coefficient (Wildman–Crippen LogP) is 6.68. The number of phenolic OH excluding ortho intramolecular Hbond substituents is 1. The first-order valence-electron chi connectivity index (χ1n) is 12.8. The van der Waals surface area contributed by atoms with Crippen LogP contribution in [0.2, 0.25) is 13.1 Å². The van der Waals surface area contributed by atoms with Crippen LogP contribution in [0.15, 0.2) is 35.2 Å². The van der Waals surface area contributed by atoms with Gasteiger partial charge in [0.1, 0.15) is 26.2 Å². The predicted molar refractivity (Wildman–Crippen MR) is 147 cm³/mol. The van der Waals surface area contributed by atoms with Gasteiger partial charge in [-0.3, -0.25) is 0 Å². The molecule has 0 radical (unpaired) electrons. The molecule has 1 aromatic rings. The maximum atomic E-state index is 11.0. The van der Waals surface area contributed by atoms with Gasteiger partial charge in [0.25, 0.3) is 0 Å². The lowest BCUT2D eigenvalue weighted by Crippen LogP contribution is -2.39. The van der Waals surface area contributed by atoms with E-state index in [-0.39, 0.29) is 10.8 Å². The minimum Gasteiger partial charge on any atom is -0.507 e. The van der Waals surface area contributed by atoms with Crippen LogP contribution in [0.25, 0.3) is 0 Å². The summed E-state index contributed by atoms with van der Waals surface area (Å²) in [4.78, 5) is 0. The van der Waals surface area contributed by atoms with Gasteiger partial charge in [-0.1, -0.05) is 72.8 Å². The Kier molecular flexibility index (Phi) is 10.1. The van der Waals surface area contributed by atoms with E-state index in [1.54, 1.807) is 7.11 Å². The van der Waals surface area contributed by atoms with Crippen LogP contribution >= 0.6 is 0 Å². The van der Waals surface area contributed by atoms with E-state index in [1.807, 2.05) is 12.1 Å². The molecule has 198 valence electrons. The van der Waals surface area contributed by atoms with E-state index in [0.717, 1.165) is 29.1 Å². The lowest BCUT2D eigenvalue weighted by atomic mass is 9.79. The third kappa shape index (κ3) is 8.40. The van der Waals surface area contributed by atoms with E-state index >= 15 is 0 Å². The number of phenols is 1. The average molecular weight is 505 g/mol. The van der Waals surface area contributed by atoms with E-state index < -0.39 is 8.07 Å². The molecule has 2 rings (SSSR count). The van der Waals surface area contributed by atoms with E-state index in [4.69, 9.17) is 18.9 Å². The van der Waals surface area contributed by atoms with Crippen molar-refractivity contribution in [1.29, 1.82) is 0 Å². The Bertz CT molecular complexity index is 868. The fourth-order valence-corrected chi connectivity index (χ4v) is 6.30. The van der Waals surface area contributed by atoms with Crippen LogP contribution in [-0.2, 0) is 25.0 Å². The molecule has 5 nitrogen and oxygen atoms in total. The van der Waals surface area contributed by atoms with Crippen molar-refractivity contribution in [3.63, 3.8) is 0 Å². The number of allylic oxidation sites excluding steroid dienone is 4. The molecule has 1 atom stereocenters. The molecule has 0 saturated heterocycles. The molecule has 1 aliphatic carbocycles. The Morgan fingerprint density at radius 3 is 1.97 bits per heavy atom. The minimum absolute atomic E-state index is 0.173. The Labute approximate surface area is 214 Å². The molecule has 6 heteroatoms. The second-order valence-electron chi connectivity index (χ2n) is 12.4. The van der Waals surface area contributed by atoms with Crippen LogP contribution in [0, 0.1) is 5.92 Å². The average Bonchev–Trinajstić information content (AvgIpc) is 2.74. The number of hydrogen-bond acceptors (Lipinski definition) is 5. The Morgan fingerprint density at radius 1 is 0.886 bits per heavy atom. The second kappa shape index (κ2) is 12.0. The Hall–Kier alpha value is -1.76. The molecule has 0 aliphatic heterocycles. The summed E-state index contributed by atoms with van der Waals surface area (Å²) in [5.41, 5.74) is 1.52. The van der Waals surface area contributed by atoms with E-state index in [1.165, 1.54) is 5.20 Å². The highest BCUT2D eigenvalue weighted by atomic mass is 28.3. The summed E-state index contributed by atoms with van der Waals surface area (Å²) in [6.45, 7) is 22.0. The van der Waals surface area contributed by atoms with Crippen molar-refractivity contribution in [2.75, 3.05) is 39.8 Å². The zero-order valence-electron chi connectivity index (χ0n) is 23.7. The molecule has 0 amide bonds. The zero-order chi connectivity index (χ0) is 26.4. The van der Waals surface area contributed by atoms with Crippen LogP contribution in [0.1, 0.15) is 66.0 Å². The number of hydrogen-bond donors (Lipinski definition) is 1. The largest absolute Gasteiger partial charge is 0.507 e. The van der Waals surface area contributed by atoms with Crippen LogP contribution in [-0.4, -0.2) is 52.9 Å². The highest BCUT2D eigenvalue weighted by Crippen LogP contribution is 2.42. The molecule has 0 aromatic heterocycles. The first kappa shape index (κ1) is 29.5. The third-order valence-electron chi connectivity index (χ3n) is 6.56. The van der Waals surface area contributed by atoms with Crippen molar-refractivity contribution in [2.24, 2.45) is 5.92 Å². The molecule has 1 N–H and O–H groups in total. The molecule has 35 heavy (non-hydrogen) atoms. The number of rotatable bonds is 11. The van der Waals surface area contributed by atoms with Gasteiger partial charge >= 0.3 is 0 Å². The maximum absolute atomic E-state index is 11.0. The van der Waals surface area contributed by atoms with Crippen LogP contribution < -0.4 is 4.74 Å². The van der Waals surface area contributed by atoms with E-state index in [0.29, 0.717) is 44.3 Å². The first-order valence-corrected chi connectivity index (χ1v) is 16.0. The summed E-state index contributed by atoms with van der Waals surface area (Å²) in [6.07, 6.45) is 6.06. The molecule has 1 aliphatic rings. The quantitative estimate of drug-likeness (QED) is 0.269. The van der Waals surface area contributed by atoms with Crippen molar-refractivity contribution >= 4 is 8.07 Å². The molecule has 0 spiro atoms. The summed E-state index contributed by atoms with van der Waals surface area (Å²) >= 11 is 0. The van der Waals surface area contributed by atoms with Gasteiger partial charge in [0.2, 0.25) is 0 Å². The van der Waals surface area contributed by atoms with Crippen molar-refractivity contribution in [2.45, 2.75) is 78.8 Å². The molecule has 0 saturated carbocycles.